The second-order valence-electron chi connectivity index (χ2n) is 4.84. The Morgan fingerprint density at radius 2 is 1.86 bits per heavy atom. The van der Waals surface area contributed by atoms with Gasteiger partial charge in [-0.25, -0.2) is 13.4 Å². The van der Waals surface area contributed by atoms with E-state index in [0.29, 0.717) is 12.2 Å². The zero-order valence-electron chi connectivity index (χ0n) is 12.2. The molecule has 0 atom stereocenters. The second kappa shape index (κ2) is 6.62. The largest absolute Gasteiger partial charge is 0.378 e. The van der Waals surface area contributed by atoms with E-state index in [-0.39, 0.29) is 0 Å². The van der Waals surface area contributed by atoms with Crippen molar-refractivity contribution in [1.29, 1.82) is 0 Å². The highest BCUT2D eigenvalue weighted by Crippen LogP contribution is 2.15. The lowest BCUT2D eigenvalue weighted by atomic mass is 10.3. The van der Waals surface area contributed by atoms with Crippen molar-refractivity contribution < 1.29 is 8.42 Å². The number of sulfonamides is 1. The topological polar surface area (TPSA) is 76.0 Å². The summed E-state index contributed by atoms with van der Waals surface area (Å²) in [5.41, 5.74) is 1.47. The minimum Gasteiger partial charge on any atom is -0.378 e. The van der Waals surface area contributed by atoms with Gasteiger partial charge in [0.15, 0.2) is 0 Å². The molecule has 1 aromatic heterocycles. The van der Waals surface area contributed by atoms with Gasteiger partial charge in [-0.15, -0.1) is 0 Å². The maximum atomic E-state index is 11.1. The first-order valence-electron chi connectivity index (χ1n) is 6.79. The van der Waals surface area contributed by atoms with Crippen LogP contribution < -0.4 is 10.0 Å². The molecule has 0 aliphatic heterocycles. The first-order chi connectivity index (χ1) is 9.98. The van der Waals surface area contributed by atoms with Crippen molar-refractivity contribution in [2.24, 2.45) is 0 Å². The lowest BCUT2D eigenvalue weighted by Gasteiger charge is -2.10. The predicted molar refractivity (Wildman–Crippen MR) is 84.8 cm³/mol. The number of nitrogens with zero attached hydrogens (tertiary/aromatic N) is 2. The third-order valence-electron chi connectivity index (χ3n) is 2.90. The molecule has 21 heavy (non-hydrogen) atoms. The second-order valence-corrected chi connectivity index (χ2v) is 6.59. The minimum atomic E-state index is -3.23. The van der Waals surface area contributed by atoms with Crippen molar-refractivity contribution in [3.63, 3.8) is 0 Å². The Bertz CT molecular complexity index is 677. The number of hydrogen-bond donors (Lipinski definition) is 2. The normalized spacial score (nSPS) is 11.3. The molecule has 0 radical (unpaired) electrons. The van der Waals surface area contributed by atoms with Crippen LogP contribution in [0.25, 0.3) is 0 Å². The molecule has 0 fully saturated rings. The zero-order chi connectivity index (χ0) is 15.3. The van der Waals surface area contributed by atoms with Gasteiger partial charge in [-0.3, -0.25) is 4.72 Å². The van der Waals surface area contributed by atoms with Gasteiger partial charge < -0.3 is 9.88 Å². The highest BCUT2D eigenvalue weighted by atomic mass is 32.2. The summed E-state index contributed by atoms with van der Waals surface area (Å²) in [6.45, 7) is 3.71. The number of hydrogen-bond acceptors (Lipinski definition) is 4. The minimum absolute atomic E-state index is 0.551. The van der Waals surface area contributed by atoms with Crippen LogP contribution in [-0.4, -0.2) is 24.2 Å². The molecule has 0 spiro atoms. The van der Waals surface area contributed by atoms with Gasteiger partial charge in [0.25, 0.3) is 0 Å². The van der Waals surface area contributed by atoms with Crippen LogP contribution in [0.2, 0.25) is 0 Å². The molecule has 2 aromatic rings. The molecule has 1 heterocycles. The summed E-state index contributed by atoms with van der Waals surface area (Å²) in [6, 6.07) is 7.12. The molecule has 0 amide bonds. The lowest BCUT2D eigenvalue weighted by molar-refractivity contribution is 0.607. The summed E-state index contributed by atoms with van der Waals surface area (Å²) in [7, 11) is -3.23. The van der Waals surface area contributed by atoms with Crippen molar-refractivity contribution in [2.75, 3.05) is 16.3 Å². The van der Waals surface area contributed by atoms with Gasteiger partial charge in [-0.1, -0.05) is 6.92 Å². The van der Waals surface area contributed by atoms with E-state index in [2.05, 4.69) is 26.5 Å². The molecule has 7 heteroatoms. The number of imidazole rings is 1. The van der Waals surface area contributed by atoms with Gasteiger partial charge in [-0.05, 0) is 30.7 Å². The standard InChI is InChI=1S/C14H20N4O2S/c1-3-9-18-10-8-15-14(18)11-16-12-4-6-13(7-5-12)17-21(2,19)20/h4-8,10,16-17H,3,9,11H2,1-2H3. The molecular formula is C14H20N4O2S. The summed E-state index contributed by atoms with van der Waals surface area (Å²) < 4.78 is 26.8. The maximum Gasteiger partial charge on any atom is 0.229 e. The number of aryl methyl sites for hydroxylation is 1. The van der Waals surface area contributed by atoms with Gasteiger partial charge in [-0.2, -0.15) is 0 Å². The highest BCUT2D eigenvalue weighted by Gasteiger charge is 2.03. The molecule has 2 rings (SSSR count). The molecule has 6 nitrogen and oxygen atoms in total. The first-order valence-corrected chi connectivity index (χ1v) is 8.69. The average molecular weight is 308 g/mol. The average Bonchev–Trinajstić information content (AvgIpc) is 2.84. The molecule has 0 saturated carbocycles. The van der Waals surface area contributed by atoms with Crippen molar-refractivity contribution in [2.45, 2.75) is 26.4 Å². The first kappa shape index (κ1) is 15.4. The smallest absolute Gasteiger partial charge is 0.229 e. The molecule has 0 aliphatic rings. The predicted octanol–water partition coefficient (Wildman–Crippen LogP) is 2.28. The summed E-state index contributed by atoms with van der Waals surface area (Å²) >= 11 is 0. The van der Waals surface area contributed by atoms with Gasteiger partial charge in [0, 0.05) is 30.3 Å². The van der Waals surface area contributed by atoms with Gasteiger partial charge >= 0.3 is 0 Å². The molecule has 114 valence electrons. The Labute approximate surface area is 125 Å². The Kier molecular flexibility index (Phi) is 4.85. The van der Waals surface area contributed by atoms with Crippen LogP contribution in [0, 0.1) is 0 Å². The lowest BCUT2D eigenvalue weighted by Crippen LogP contribution is -2.10. The molecule has 0 bridgehead atoms. The van der Waals surface area contributed by atoms with E-state index in [9.17, 15) is 8.42 Å². The van der Waals surface area contributed by atoms with Crippen LogP contribution in [0.1, 0.15) is 19.2 Å². The monoisotopic (exact) mass is 308 g/mol. The number of anilines is 2. The summed E-state index contributed by atoms with van der Waals surface area (Å²) in [6.07, 6.45) is 5.97. The van der Waals surface area contributed by atoms with Crippen LogP contribution in [0.4, 0.5) is 11.4 Å². The van der Waals surface area contributed by atoms with Crippen molar-refractivity contribution in [1.82, 2.24) is 9.55 Å². The quantitative estimate of drug-likeness (QED) is 0.823. The molecule has 0 aliphatic carbocycles. The third-order valence-corrected chi connectivity index (χ3v) is 3.51. The molecule has 1 aromatic carbocycles. The van der Waals surface area contributed by atoms with Crippen LogP contribution >= 0.6 is 0 Å². The Hall–Kier alpha value is -2.02. The summed E-state index contributed by atoms with van der Waals surface area (Å²) in [4.78, 5) is 4.32. The number of benzene rings is 1. The van der Waals surface area contributed by atoms with E-state index in [1.54, 1.807) is 18.3 Å². The fraction of sp³-hybridized carbons (Fsp3) is 0.357. The fourth-order valence-electron chi connectivity index (χ4n) is 2.00. The van der Waals surface area contributed by atoms with E-state index in [0.717, 1.165) is 30.7 Å². The molecule has 0 saturated heterocycles. The van der Waals surface area contributed by atoms with E-state index in [1.165, 1.54) is 0 Å². The Morgan fingerprint density at radius 1 is 1.19 bits per heavy atom. The molecule has 2 N–H and O–H groups in total. The van der Waals surface area contributed by atoms with E-state index < -0.39 is 10.0 Å². The molecular weight excluding hydrogens is 288 g/mol. The van der Waals surface area contributed by atoms with E-state index in [1.807, 2.05) is 18.3 Å². The van der Waals surface area contributed by atoms with E-state index >= 15 is 0 Å². The van der Waals surface area contributed by atoms with E-state index in [4.69, 9.17) is 0 Å². The van der Waals surface area contributed by atoms with Gasteiger partial charge in [0.2, 0.25) is 10.0 Å². The van der Waals surface area contributed by atoms with Crippen molar-refractivity contribution in [3.8, 4) is 0 Å². The Morgan fingerprint density at radius 3 is 2.48 bits per heavy atom. The SMILES string of the molecule is CCCn1ccnc1CNc1ccc(NS(C)(=O)=O)cc1. The van der Waals surface area contributed by atoms with Crippen LogP contribution in [0.3, 0.4) is 0 Å². The number of aromatic nitrogens is 2. The van der Waals surface area contributed by atoms with Crippen LogP contribution in [0.5, 0.6) is 0 Å². The number of rotatable bonds is 7. The summed E-state index contributed by atoms with van der Waals surface area (Å²) in [5.74, 6) is 0.982. The van der Waals surface area contributed by atoms with Gasteiger partial charge in [0.05, 0.1) is 12.8 Å². The highest BCUT2D eigenvalue weighted by molar-refractivity contribution is 7.92. The van der Waals surface area contributed by atoms with Crippen LogP contribution in [-0.2, 0) is 23.1 Å². The fourth-order valence-corrected chi connectivity index (χ4v) is 2.57. The molecule has 0 unspecified atom stereocenters. The van der Waals surface area contributed by atoms with Gasteiger partial charge in [0.1, 0.15) is 5.82 Å². The van der Waals surface area contributed by atoms with Crippen molar-refractivity contribution in [3.05, 3.63) is 42.5 Å². The summed E-state index contributed by atoms with van der Waals surface area (Å²) in [5, 5.41) is 3.28. The third kappa shape index (κ3) is 4.78. The van der Waals surface area contributed by atoms with Crippen molar-refractivity contribution >= 4 is 21.4 Å². The number of nitrogens with one attached hydrogen (secondary N) is 2. The maximum absolute atomic E-state index is 11.1. The van der Waals surface area contributed by atoms with Crippen LogP contribution in [0.15, 0.2) is 36.7 Å². The zero-order valence-corrected chi connectivity index (χ0v) is 13.0. The Balaban J connectivity index is 1.96.